The molecule has 0 nitrogen and oxygen atoms in total. The van der Waals surface area contributed by atoms with E-state index in [0.29, 0.717) is 0 Å². The second-order valence-electron chi connectivity index (χ2n) is 3.05. The van der Waals surface area contributed by atoms with Crippen molar-refractivity contribution in [1.82, 2.24) is 0 Å². The molecule has 16 heavy (non-hydrogen) atoms. The van der Waals surface area contributed by atoms with Crippen LogP contribution in [0.2, 0.25) is 0 Å². The lowest BCUT2D eigenvalue weighted by molar-refractivity contribution is 1.41. The Hall–Kier alpha value is -1.56. The molecule has 2 rings (SSSR count). The molecule has 1 aromatic rings. The largest absolute Gasteiger partial charge is 0.0807 e. The van der Waals surface area contributed by atoms with E-state index in [1.54, 1.807) is 0 Å². The zero-order chi connectivity index (χ0) is 8.93. The molecule has 0 atom stereocenters. The standard InChI is InChI=1S/C13H12.3CH4/c1-2-5-9-12(8-4-1)13-10-6-3-7-11-13;;;/h1,3-11H,2H2;3*1H4. The van der Waals surface area contributed by atoms with Gasteiger partial charge in [-0.15, -0.1) is 0 Å². The predicted octanol–water partition coefficient (Wildman–Crippen LogP) is 5.49. The van der Waals surface area contributed by atoms with Gasteiger partial charge in [-0.25, -0.2) is 0 Å². The zero-order valence-electron chi connectivity index (χ0n) is 7.48. The summed E-state index contributed by atoms with van der Waals surface area (Å²) in [5, 5.41) is 0. The molecule has 0 fully saturated rings. The Kier molecular flexibility index (Phi) is 9.19. The molecule has 0 aliphatic heterocycles. The Morgan fingerprint density at radius 3 is 2.19 bits per heavy atom. The molecule has 0 amide bonds. The van der Waals surface area contributed by atoms with Gasteiger partial charge in [-0.05, 0) is 17.6 Å². The van der Waals surface area contributed by atoms with Crippen molar-refractivity contribution in [2.75, 3.05) is 0 Å². The molecule has 1 aromatic carbocycles. The number of rotatable bonds is 1. The monoisotopic (exact) mass is 216 g/mol. The molecular weight excluding hydrogens is 192 g/mol. The summed E-state index contributed by atoms with van der Waals surface area (Å²) >= 11 is 0. The van der Waals surface area contributed by atoms with Crippen LogP contribution in [0.15, 0.2) is 60.7 Å². The Balaban J connectivity index is 0. The zero-order valence-corrected chi connectivity index (χ0v) is 7.48. The van der Waals surface area contributed by atoms with Crippen molar-refractivity contribution in [1.29, 1.82) is 0 Å². The third kappa shape index (κ3) is 4.31. The summed E-state index contributed by atoms with van der Waals surface area (Å²) in [4.78, 5) is 0. The van der Waals surface area contributed by atoms with Gasteiger partial charge in [0.2, 0.25) is 0 Å². The van der Waals surface area contributed by atoms with E-state index in [-0.39, 0.29) is 22.3 Å². The molecule has 0 bridgehead atoms. The third-order valence-corrected chi connectivity index (χ3v) is 2.09. The Labute approximate surface area is 101 Å². The van der Waals surface area contributed by atoms with Crippen molar-refractivity contribution in [2.45, 2.75) is 28.7 Å². The van der Waals surface area contributed by atoms with Crippen molar-refractivity contribution >= 4 is 5.57 Å². The minimum atomic E-state index is 0. The number of hydrogen-bond acceptors (Lipinski definition) is 0. The second-order valence-corrected chi connectivity index (χ2v) is 3.05. The first kappa shape index (κ1) is 16.9. The highest BCUT2D eigenvalue weighted by atomic mass is 14.0. The van der Waals surface area contributed by atoms with Crippen LogP contribution in [0.3, 0.4) is 0 Å². The van der Waals surface area contributed by atoms with E-state index < -0.39 is 0 Å². The molecule has 1 aliphatic rings. The van der Waals surface area contributed by atoms with E-state index in [4.69, 9.17) is 0 Å². The van der Waals surface area contributed by atoms with Gasteiger partial charge in [0.1, 0.15) is 0 Å². The SMILES string of the molecule is C.C.C.C1=CCC=CC(c2ccccc2)=C1. The predicted molar refractivity (Wildman–Crippen MR) is 77.5 cm³/mol. The summed E-state index contributed by atoms with van der Waals surface area (Å²) in [5.74, 6) is 0. The van der Waals surface area contributed by atoms with E-state index in [1.807, 2.05) is 6.07 Å². The first-order valence-corrected chi connectivity index (χ1v) is 4.55. The lowest BCUT2D eigenvalue weighted by Gasteiger charge is -1.99. The van der Waals surface area contributed by atoms with Crippen molar-refractivity contribution in [2.24, 2.45) is 0 Å². The molecule has 0 heterocycles. The highest BCUT2D eigenvalue weighted by Gasteiger charge is 1.95. The maximum Gasteiger partial charge on any atom is -0.0163 e. The molecule has 0 radical (unpaired) electrons. The molecule has 0 unspecified atom stereocenters. The lowest BCUT2D eigenvalue weighted by atomic mass is 10.1. The van der Waals surface area contributed by atoms with Gasteiger partial charge in [-0.1, -0.05) is 83.0 Å². The topological polar surface area (TPSA) is 0 Å². The smallest absolute Gasteiger partial charge is 0.0163 e. The minimum Gasteiger partial charge on any atom is -0.0807 e. The second kappa shape index (κ2) is 8.72. The summed E-state index contributed by atoms with van der Waals surface area (Å²) < 4.78 is 0. The number of benzene rings is 1. The first-order valence-electron chi connectivity index (χ1n) is 4.55. The fourth-order valence-electron chi connectivity index (χ4n) is 1.40. The van der Waals surface area contributed by atoms with E-state index >= 15 is 0 Å². The van der Waals surface area contributed by atoms with Gasteiger partial charge < -0.3 is 0 Å². The van der Waals surface area contributed by atoms with Crippen LogP contribution in [0.5, 0.6) is 0 Å². The van der Waals surface area contributed by atoms with Crippen LogP contribution in [-0.4, -0.2) is 0 Å². The Morgan fingerprint density at radius 1 is 0.812 bits per heavy atom. The molecule has 88 valence electrons. The third-order valence-electron chi connectivity index (χ3n) is 2.09. The molecule has 0 N–H and O–H groups in total. The van der Waals surface area contributed by atoms with Gasteiger partial charge in [0, 0.05) is 0 Å². The van der Waals surface area contributed by atoms with Gasteiger partial charge in [-0.3, -0.25) is 0 Å². The van der Waals surface area contributed by atoms with Gasteiger partial charge in [-0.2, -0.15) is 0 Å². The maximum absolute atomic E-state index is 2.18. The molecular formula is C16H24. The van der Waals surface area contributed by atoms with Crippen molar-refractivity contribution in [3.05, 3.63) is 66.3 Å². The average molecular weight is 216 g/mol. The van der Waals surface area contributed by atoms with E-state index in [2.05, 4.69) is 54.6 Å². The summed E-state index contributed by atoms with van der Waals surface area (Å²) in [5.41, 5.74) is 2.57. The van der Waals surface area contributed by atoms with Gasteiger partial charge in [0.05, 0.1) is 0 Å². The van der Waals surface area contributed by atoms with E-state index in [0.717, 1.165) is 6.42 Å². The van der Waals surface area contributed by atoms with Gasteiger partial charge in [0.15, 0.2) is 0 Å². The van der Waals surface area contributed by atoms with Crippen molar-refractivity contribution in [3.63, 3.8) is 0 Å². The molecule has 0 spiro atoms. The highest BCUT2D eigenvalue weighted by molar-refractivity contribution is 5.75. The molecule has 1 aliphatic carbocycles. The fraction of sp³-hybridized carbons (Fsp3) is 0.250. The molecule has 0 aromatic heterocycles. The Morgan fingerprint density at radius 2 is 1.50 bits per heavy atom. The van der Waals surface area contributed by atoms with Crippen LogP contribution < -0.4 is 0 Å². The Bertz CT molecular complexity index is 353. The summed E-state index contributed by atoms with van der Waals surface area (Å²) in [6.45, 7) is 0. The van der Waals surface area contributed by atoms with E-state index in [9.17, 15) is 0 Å². The maximum atomic E-state index is 2.18. The first-order chi connectivity index (χ1) is 6.47. The molecule has 0 heteroatoms. The van der Waals surface area contributed by atoms with Gasteiger partial charge in [0.25, 0.3) is 0 Å². The van der Waals surface area contributed by atoms with Crippen LogP contribution >= 0.6 is 0 Å². The van der Waals surface area contributed by atoms with Crippen LogP contribution in [0, 0.1) is 0 Å². The normalized spacial score (nSPS) is 12.4. The van der Waals surface area contributed by atoms with Crippen LogP contribution in [0.1, 0.15) is 34.3 Å². The summed E-state index contributed by atoms with van der Waals surface area (Å²) in [6.07, 6.45) is 11.8. The minimum absolute atomic E-state index is 0. The van der Waals surface area contributed by atoms with Crippen molar-refractivity contribution < 1.29 is 0 Å². The molecule has 0 saturated heterocycles. The van der Waals surface area contributed by atoms with Crippen LogP contribution in [-0.2, 0) is 0 Å². The van der Waals surface area contributed by atoms with Crippen LogP contribution in [0.25, 0.3) is 5.57 Å². The number of allylic oxidation sites excluding steroid dienone is 6. The average Bonchev–Trinajstić information content (AvgIpc) is 2.47. The summed E-state index contributed by atoms with van der Waals surface area (Å²) in [6, 6.07) is 10.4. The number of hydrogen-bond donors (Lipinski definition) is 0. The van der Waals surface area contributed by atoms with Crippen molar-refractivity contribution in [3.8, 4) is 0 Å². The fourth-order valence-corrected chi connectivity index (χ4v) is 1.40. The van der Waals surface area contributed by atoms with Crippen LogP contribution in [0.4, 0.5) is 0 Å². The summed E-state index contributed by atoms with van der Waals surface area (Å²) in [7, 11) is 0. The quantitative estimate of drug-likeness (QED) is 0.582. The molecule has 0 saturated carbocycles. The van der Waals surface area contributed by atoms with E-state index in [1.165, 1.54) is 11.1 Å². The van der Waals surface area contributed by atoms with Gasteiger partial charge >= 0.3 is 0 Å². The highest BCUT2D eigenvalue weighted by Crippen LogP contribution is 2.17. The lowest BCUT2D eigenvalue weighted by Crippen LogP contribution is -1.77.